The van der Waals surface area contributed by atoms with Crippen molar-refractivity contribution in [2.24, 2.45) is 7.05 Å². The second-order valence-electron chi connectivity index (χ2n) is 6.92. The number of thiophene rings is 1. The SMILES string of the molecule is CC(Sc1nc2sc(-c3ccccc3)cc2c(=O)n1C)C(=O)NCc1ccccc1. The summed E-state index contributed by atoms with van der Waals surface area (Å²) in [6.07, 6.45) is 0. The van der Waals surface area contributed by atoms with Crippen LogP contribution in [0.5, 0.6) is 0 Å². The van der Waals surface area contributed by atoms with Gasteiger partial charge in [0.25, 0.3) is 5.56 Å². The lowest BCUT2D eigenvalue weighted by Gasteiger charge is -2.13. The normalized spacial score (nSPS) is 12.1. The van der Waals surface area contributed by atoms with Crippen LogP contribution in [-0.2, 0) is 18.4 Å². The van der Waals surface area contributed by atoms with E-state index in [0.29, 0.717) is 21.9 Å². The van der Waals surface area contributed by atoms with Crippen LogP contribution in [0.2, 0.25) is 0 Å². The van der Waals surface area contributed by atoms with Gasteiger partial charge in [0.05, 0.1) is 10.6 Å². The smallest absolute Gasteiger partial charge is 0.262 e. The summed E-state index contributed by atoms with van der Waals surface area (Å²) in [6.45, 7) is 2.30. The van der Waals surface area contributed by atoms with Crippen LogP contribution in [0.3, 0.4) is 0 Å². The summed E-state index contributed by atoms with van der Waals surface area (Å²) in [6, 6.07) is 21.6. The molecule has 4 rings (SSSR count). The summed E-state index contributed by atoms with van der Waals surface area (Å²) < 4.78 is 1.52. The number of thioether (sulfide) groups is 1. The van der Waals surface area contributed by atoms with E-state index in [1.807, 2.05) is 73.7 Å². The highest BCUT2D eigenvalue weighted by atomic mass is 32.2. The Hall–Kier alpha value is -2.90. The molecule has 2 heterocycles. The third-order valence-corrected chi connectivity index (χ3v) is 6.97. The Balaban J connectivity index is 1.54. The van der Waals surface area contributed by atoms with Crippen LogP contribution in [0, 0.1) is 0 Å². The molecule has 0 aliphatic rings. The summed E-state index contributed by atoms with van der Waals surface area (Å²) in [7, 11) is 1.70. The molecule has 5 nitrogen and oxygen atoms in total. The second-order valence-corrected chi connectivity index (χ2v) is 9.26. The molecule has 1 unspecified atom stereocenters. The third-order valence-electron chi connectivity index (χ3n) is 4.75. The minimum absolute atomic E-state index is 0.0886. The summed E-state index contributed by atoms with van der Waals surface area (Å²) in [5.74, 6) is -0.0886. The zero-order valence-corrected chi connectivity index (χ0v) is 18.3. The Morgan fingerprint density at radius 2 is 1.80 bits per heavy atom. The van der Waals surface area contributed by atoms with Crippen molar-refractivity contribution < 1.29 is 4.79 Å². The van der Waals surface area contributed by atoms with Crippen LogP contribution in [0.25, 0.3) is 20.7 Å². The van der Waals surface area contributed by atoms with Gasteiger partial charge in [0.1, 0.15) is 4.83 Å². The van der Waals surface area contributed by atoms with E-state index in [2.05, 4.69) is 10.3 Å². The quantitative estimate of drug-likeness (QED) is 0.359. The molecule has 30 heavy (non-hydrogen) atoms. The molecule has 0 radical (unpaired) electrons. The number of hydrogen-bond donors (Lipinski definition) is 1. The zero-order valence-electron chi connectivity index (χ0n) is 16.7. The Kier molecular flexibility index (Phi) is 6.01. The van der Waals surface area contributed by atoms with Crippen LogP contribution in [0.1, 0.15) is 12.5 Å². The highest BCUT2D eigenvalue weighted by molar-refractivity contribution is 8.00. The number of aromatic nitrogens is 2. The standard InChI is InChI=1S/C23H21N3O2S2/c1-15(20(27)24-14-16-9-5-3-6-10-16)29-23-25-21-18(22(28)26(23)2)13-19(30-21)17-11-7-4-8-12-17/h3-13,15H,14H2,1-2H3,(H,24,27). The molecule has 0 spiro atoms. The van der Waals surface area contributed by atoms with Crippen molar-refractivity contribution in [1.29, 1.82) is 0 Å². The topological polar surface area (TPSA) is 64.0 Å². The molecular formula is C23H21N3O2S2. The summed E-state index contributed by atoms with van der Waals surface area (Å²) >= 11 is 2.79. The van der Waals surface area contributed by atoms with E-state index in [9.17, 15) is 9.59 Å². The maximum atomic E-state index is 12.9. The first-order chi connectivity index (χ1) is 14.5. The van der Waals surface area contributed by atoms with Crippen LogP contribution in [-0.4, -0.2) is 20.7 Å². The van der Waals surface area contributed by atoms with Crippen LogP contribution in [0.4, 0.5) is 0 Å². The number of amides is 1. The first-order valence-electron chi connectivity index (χ1n) is 9.57. The van der Waals surface area contributed by atoms with Crippen LogP contribution >= 0.6 is 23.1 Å². The van der Waals surface area contributed by atoms with Gasteiger partial charge in [-0.2, -0.15) is 0 Å². The third kappa shape index (κ3) is 4.32. The Labute approximate surface area is 182 Å². The molecule has 0 bridgehead atoms. The molecule has 2 aromatic carbocycles. The van der Waals surface area contributed by atoms with Gasteiger partial charge in [-0.3, -0.25) is 14.2 Å². The van der Waals surface area contributed by atoms with E-state index in [1.54, 1.807) is 7.05 Å². The van der Waals surface area contributed by atoms with Gasteiger partial charge in [0, 0.05) is 18.5 Å². The first kappa shape index (κ1) is 20.4. The van der Waals surface area contributed by atoms with E-state index in [4.69, 9.17) is 0 Å². The van der Waals surface area contributed by atoms with Crippen molar-refractivity contribution >= 4 is 39.2 Å². The van der Waals surface area contributed by atoms with Gasteiger partial charge in [0.2, 0.25) is 5.91 Å². The van der Waals surface area contributed by atoms with Crippen molar-refractivity contribution in [3.63, 3.8) is 0 Å². The van der Waals surface area contributed by atoms with E-state index < -0.39 is 0 Å². The lowest BCUT2D eigenvalue weighted by Crippen LogP contribution is -2.31. The predicted molar refractivity (Wildman–Crippen MR) is 124 cm³/mol. The molecule has 1 atom stereocenters. The highest BCUT2D eigenvalue weighted by Gasteiger charge is 2.19. The van der Waals surface area contributed by atoms with Crippen LogP contribution < -0.4 is 10.9 Å². The minimum atomic E-state index is -0.377. The number of benzene rings is 2. The molecule has 0 saturated carbocycles. The van der Waals surface area contributed by atoms with Gasteiger partial charge in [-0.15, -0.1) is 11.3 Å². The molecule has 0 saturated heterocycles. The molecule has 0 aliphatic carbocycles. The predicted octanol–water partition coefficient (Wildman–Crippen LogP) is 4.46. The first-order valence-corrected chi connectivity index (χ1v) is 11.3. The number of nitrogens with zero attached hydrogens (tertiary/aromatic N) is 2. The molecule has 0 aliphatic heterocycles. The molecule has 7 heteroatoms. The Morgan fingerprint density at radius 3 is 2.50 bits per heavy atom. The molecule has 0 fully saturated rings. The average Bonchev–Trinajstić information content (AvgIpc) is 3.21. The van der Waals surface area contributed by atoms with Gasteiger partial charge in [-0.05, 0) is 24.1 Å². The minimum Gasteiger partial charge on any atom is -0.351 e. The number of rotatable bonds is 6. The fourth-order valence-electron chi connectivity index (χ4n) is 3.04. The average molecular weight is 436 g/mol. The fraction of sp³-hybridized carbons (Fsp3) is 0.174. The van der Waals surface area contributed by atoms with E-state index in [-0.39, 0.29) is 16.7 Å². The Bertz CT molecular complexity index is 1230. The number of hydrogen-bond acceptors (Lipinski definition) is 5. The summed E-state index contributed by atoms with van der Waals surface area (Å²) in [5, 5.41) is 3.71. The molecule has 4 aromatic rings. The van der Waals surface area contributed by atoms with Gasteiger partial charge < -0.3 is 5.32 Å². The number of carbonyl (C=O) groups excluding carboxylic acids is 1. The largest absolute Gasteiger partial charge is 0.351 e. The Morgan fingerprint density at radius 1 is 1.13 bits per heavy atom. The van der Waals surface area contributed by atoms with E-state index in [0.717, 1.165) is 16.0 Å². The van der Waals surface area contributed by atoms with Crippen molar-refractivity contribution in [3.8, 4) is 10.4 Å². The van der Waals surface area contributed by atoms with Gasteiger partial charge in [0.15, 0.2) is 5.16 Å². The lowest BCUT2D eigenvalue weighted by atomic mass is 10.2. The van der Waals surface area contributed by atoms with Gasteiger partial charge in [-0.1, -0.05) is 72.4 Å². The molecule has 1 amide bonds. The van der Waals surface area contributed by atoms with Gasteiger partial charge >= 0.3 is 0 Å². The second kappa shape index (κ2) is 8.85. The van der Waals surface area contributed by atoms with Crippen molar-refractivity contribution in [1.82, 2.24) is 14.9 Å². The highest BCUT2D eigenvalue weighted by Crippen LogP contribution is 2.32. The number of fused-ring (bicyclic) bond motifs is 1. The number of carbonyl (C=O) groups is 1. The summed E-state index contributed by atoms with van der Waals surface area (Å²) in [4.78, 5) is 31.8. The maximum Gasteiger partial charge on any atom is 0.262 e. The van der Waals surface area contributed by atoms with E-state index >= 15 is 0 Å². The van der Waals surface area contributed by atoms with Crippen molar-refractivity contribution in [2.45, 2.75) is 23.9 Å². The molecular weight excluding hydrogens is 414 g/mol. The van der Waals surface area contributed by atoms with E-state index in [1.165, 1.54) is 27.7 Å². The van der Waals surface area contributed by atoms with Gasteiger partial charge in [-0.25, -0.2) is 4.98 Å². The monoisotopic (exact) mass is 435 g/mol. The molecule has 2 aromatic heterocycles. The van der Waals surface area contributed by atoms with Crippen molar-refractivity contribution in [3.05, 3.63) is 82.6 Å². The maximum absolute atomic E-state index is 12.9. The summed E-state index contributed by atoms with van der Waals surface area (Å²) in [5.41, 5.74) is 2.00. The fourth-order valence-corrected chi connectivity index (χ4v) is 5.01. The zero-order chi connectivity index (χ0) is 21.1. The molecule has 152 valence electrons. The number of nitrogens with one attached hydrogen (secondary N) is 1. The molecule has 1 N–H and O–H groups in total. The lowest BCUT2D eigenvalue weighted by molar-refractivity contribution is -0.120. The van der Waals surface area contributed by atoms with Crippen molar-refractivity contribution in [2.75, 3.05) is 0 Å². The van der Waals surface area contributed by atoms with Crippen LogP contribution in [0.15, 0.2) is 76.7 Å².